The normalized spacial score (nSPS) is 14.1. The monoisotopic (exact) mass is 441 g/mol. The van der Waals surface area contributed by atoms with Crippen molar-refractivity contribution in [1.29, 1.82) is 0 Å². The topological polar surface area (TPSA) is 62.3 Å². The van der Waals surface area contributed by atoms with Gasteiger partial charge in [-0.3, -0.25) is 0 Å². The lowest BCUT2D eigenvalue weighted by atomic mass is 10.2. The first-order valence-corrected chi connectivity index (χ1v) is 12.5. The standard InChI is InChI=1S/C22H25ClN5OP/c1-30(2)20-9-4-3-8-19(20)26-21-18(23)15-24-22(27-21)25-16-6-5-7-17(14-16)28-10-12-29-13-11-28/h3-9,14-15H,10-13H2,1-2H3,(H2,24,25,26,27). The van der Waals surface area contributed by atoms with Gasteiger partial charge in [0.05, 0.1) is 19.4 Å². The Kier molecular flexibility index (Phi) is 6.68. The number of benzene rings is 2. The number of aromatic nitrogens is 2. The van der Waals surface area contributed by atoms with Gasteiger partial charge in [0.15, 0.2) is 5.82 Å². The average molecular weight is 442 g/mol. The van der Waals surface area contributed by atoms with Crippen LogP contribution in [0.15, 0.2) is 54.7 Å². The minimum Gasteiger partial charge on any atom is -0.378 e. The van der Waals surface area contributed by atoms with Crippen LogP contribution >= 0.6 is 19.5 Å². The summed E-state index contributed by atoms with van der Waals surface area (Å²) in [5.41, 5.74) is 3.11. The lowest BCUT2D eigenvalue weighted by molar-refractivity contribution is 0.122. The Morgan fingerprint density at radius 1 is 1.03 bits per heavy atom. The number of nitrogens with one attached hydrogen (secondary N) is 2. The van der Waals surface area contributed by atoms with Crippen molar-refractivity contribution in [3.05, 3.63) is 59.8 Å². The zero-order chi connectivity index (χ0) is 20.9. The van der Waals surface area contributed by atoms with Gasteiger partial charge in [0, 0.05) is 30.2 Å². The van der Waals surface area contributed by atoms with E-state index in [2.05, 4.69) is 69.2 Å². The van der Waals surface area contributed by atoms with Crippen LogP contribution in [0, 0.1) is 0 Å². The van der Waals surface area contributed by atoms with Gasteiger partial charge >= 0.3 is 0 Å². The van der Waals surface area contributed by atoms with E-state index in [0.29, 0.717) is 16.8 Å². The van der Waals surface area contributed by atoms with Gasteiger partial charge in [-0.15, -0.1) is 0 Å². The zero-order valence-corrected chi connectivity index (χ0v) is 18.8. The molecule has 156 valence electrons. The van der Waals surface area contributed by atoms with Gasteiger partial charge in [0.1, 0.15) is 5.02 Å². The molecule has 0 saturated carbocycles. The Balaban J connectivity index is 1.54. The minimum atomic E-state index is -0.258. The molecule has 0 bridgehead atoms. The summed E-state index contributed by atoms with van der Waals surface area (Å²) in [6, 6.07) is 16.5. The number of anilines is 5. The third-order valence-corrected chi connectivity index (χ3v) is 6.49. The largest absolute Gasteiger partial charge is 0.378 e. The maximum absolute atomic E-state index is 6.38. The highest BCUT2D eigenvalue weighted by Crippen LogP contribution is 2.31. The van der Waals surface area contributed by atoms with Gasteiger partial charge in [-0.2, -0.15) is 4.98 Å². The van der Waals surface area contributed by atoms with Crippen molar-refractivity contribution in [2.45, 2.75) is 0 Å². The fourth-order valence-electron chi connectivity index (χ4n) is 3.34. The molecule has 1 aliphatic rings. The molecule has 2 heterocycles. The molecule has 0 spiro atoms. The number of nitrogens with zero attached hydrogens (tertiary/aromatic N) is 3. The van der Waals surface area contributed by atoms with Gasteiger partial charge in [-0.05, 0) is 42.9 Å². The molecule has 3 aromatic rings. The van der Waals surface area contributed by atoms with Gasteiger partial charge in [0.2, 0.25) is 5.95 Å². The molecular weight excluding hydrogens is 417 g/mol. The number of hydrogen-bond donors (Lipinski definition) is 2. The number of halogens is 1. The number of rotatable bonds is 6. The molecule has 6 nitrogen and oxygen atoms in total. The second kappa shape index (κ2) is 9.61. The van der Waals surface area contributed by atoms with E-state index >= 15 is 0 Å². The third-order valence-electron chi connectivity index (χ3n) is 4.86. The quantitative estimate of drug-likeness (QED) is 0.535. The Bertz CT molecular complexity index is 1010. The van der Waals surface area contributed by atoms with E-state index in [-0.39, 0.29) is 7.92 Å². The van der Waals surface area contributed by atoms with Crippen molar-refractivity contribution >= 4 is 53.7 Å². The highest BCUT2D eigenvalue weighted by molar-refractivity contribution is 7.64. The van der Waals surface area contributed by atoms with Gasteiger partial charge in [-0.25, -0.2) is 4.98 Å². The summed E-state index contributed by atoms with van der Waals surface area (Å²) in [4.78, 5) is 11.3. The molecule has 30 heavy (non-hydrogen) atoms. The zero-order valence-electron chi connectivity index (χ0n) is 17.1. The maximum Gasteiger partial charge on any atom is 0.229 e. The van der Waals surface area contributed by atoms with Crippen LogP contribution in [0.2, 0.25) is 5.02 Å². The van der Waals surface area contributed by atoms with Gasteiger partial charge in [-0.1, -0.05) is 43.8 Å². The molecule has 0 aliphatic carbocycles. The van der Waals surface area contributed by atoms with E-state index in [4.69, 9.17) is 16.3 Å². The minimum absolute atomic E-state index is 0.258. The molecule has 1 fully saturated rings. The molecule has 0 radical (unpaired) electrons. The van der Waals surface area contributed by atoms with Crippen LogP contribution in [-0.4, -0.2) is 49.6 Å². The molecule has 4 rings (SSSR count). The van der Waals surface area contributed by atoms with Crippen molar-refractivity contribution < 1.29 is 4.74 Å². The summed E-state index contributed by atoms with van der Waals surface area (Å²) in [7, 11) is -0.258. The van der Waals surface area contributed by atoms with Crippen LogP contribution in [0.25, 0.3) is 0 Å². The second-order valence-corrected chi connectivity index (χ2v) is 9.88. The molecule has 1 aromatic heterocycles. The predicted molar refractivity (Wildman–Crippen MR) is 128 cm³/mol. The van der Waals surface area contributed by atoms with Crippen LogP contribution in [0.3, 0.4) is 0 Å². The smallest absolute Gasteiger partial charge is 0.229 e. The number of morpholine rings is 1. The highest BCUT2D eigenvalue weighted by atomic mass is 35.5. The van der Waals surface area contributed by atoms with Gasteiger partial charge < -0.3 is 20.3 Å². The Morgan fingerprint density at radius 3 is 2.63 bits per heavy atom. The van der Waals surface area contributed by atoms with Crippen LogP contribution < -0.4 is 20.8 Å². The number of hydrogen-bond acceptors (Lipinski definition) is 6. The summed E-state index contributed by atoms with van der Waals surface area (Å²) < 4.78 is 5.45. The Morgan fingerprint density at radius 2 is 1.83 bits per heavy atom. The van der Waals surface area contributed by atoms with Crippen LogP contribution in [0.5, 0.6) is 0 Å². The summed E-state index contributed by atoms with van der Waals surface area (Å²) in [6.07, 6.45) is 1.62. The van der Waals surface area contributed by atoms with E-state index in [0.717, 1.165) is 43.4 Å². The molecule has 2 aromatic carbocycles. The predicted octanol–water partition coefficient (Wildman–Crippen LogP) is 4.82. The van der Waals surface area contributed by atoms with Gasteiger partial charge in [0.25, 0.3) is 0 Å². The summed E-state index contributed by atoms with van der Waals surface area (Å²) in [6.45, 7) is 7.76. The van der Waals surface area contributed by atoms with Crippen LogP contribution in [0.4, 0.5) is 28.8 Å². The first-order valence-electron chi connectivity index (χ1n) is 9.86. The molecule has 2 N–H and O–H groups in total. The molecule has 1 saturated heterocycles. The van der Waals surface area contributed by atoms with Crippen molar-refractivity contribution in [3.63, 3.8) is 0 Å². The third kappa shape index (κ3) is 5.01. The molecule has 8 heteroatoms. The van der Waals surface area contributed by atoms with E-state index in [9.17, 15) is 0 Å². The molecule has 0 unspecified atom stereocenters. The van der Waals surface area contributed by atoms with E-state index in [1.54, 1.807) is 6.20 Å². The summed E-state index contributed by atoms with van der Waals surface area (Å²) in [5.74, 6) is 1.08. The van der Waals surface area contributed by atoms with E-state index in [1.807, 2.05) is 18.2 Å². The van der Waals surface area contributed by atoms with Crippen molar-refractivity contribution in [2.75, 3.05) is 55.2 Å². The fourth-order valence-corrected chi connectivity index (χ4v) is 4.48. The van der Waals surface area contributed by atoms with Crippen LogP contribution in [0.1, 0.15) is 0 Å². The fraction of sp³-hybridized carbons (Fsp3) is 0.273. The van der Waals surface area contributed by atoms with Crippen molar-refractivity contribution in [3.8, 4) is 0 Å². The molecule has 0 amide bonds. The summed E-state index contributed by atoms with van der Waals surface area (Å²) >= 11 is 6.38. The van der Waals surface area contributed by atoms with Crippen LogP contribution in [-0.2, 0) is 4.74 Å². The number of ether oxygens (including phenoxy) is 1. The SMILES string of the molecule is CP(C)c1ccccc1Nc1nc(Nc2cccc(N3CCOCC3)c2)ncc1Cl. The number of para-hydroxylation sites is 1. The lowest BCUT2D eigenvalue weighted by Gasteiger charge is -2.29. The Labute approximate surface area is 183 Å². The molecule has 1 aliphatic heterocycles. The maximum atomic E-state index is 6.38. The van der Waals surface area contributed by atoms with E-state index < -0.39 is 0 Å². The molecule has 0 atom stereocenters. The van der Waals surface area contributed by atoms with Crippen molar-refractivity contribution in [2.24, 2.45) is 0 Å². The summed E-state index contributed by atoms with van der Waals surface area (Å²) in [5, 5.41) is 8.44. The average Bonchev–Trinajstić information content (AvgIpc) is 2.77. The Hall–Kier alpha value is -2.40. The first kappa shape index (κ1) is 20.9. The first-order chi connectivity index (χ1) is 14.6. The van der Waals surface area contributed by atoms with E-state index in [1.165, 1.54) is 5.30 Å². The lowest BCUT2D eigenvalue weighted by Crippen LogP contribution is -2.36. The highest BCUT2D eigenvalue weighted by Gasteiger charge is 2.13. The van der Waals surface area contributed by atoms with Crippen molar-refractivity contribution in [1.82, 2.24) is 9.97 Å². The molecular formula is C22H25ClN5OP. The second-order valence-electron chi connectivity index (χ2n) is 7.20.